The zero-order chi connectivity index (χ0) is 14.4. The maximum Gasteiger partial charge on any atom is 0.133 e. The highest BCUT2D eigenvalue weighted by Gasteiger charge is 2.12. The molecule has 0 amide bonds. The second-order valence-corrected chi connectivity index (χ2v) is 5.18. The number of aromatic nitrogens is 1. The van der Waals surface area contributed by atoms with Gasteiger partial charge in [0.1, 0.15) is 5.82 Å². The van der Waals surface area contributed by atoms with E-state index >= 15 is 0 Å². The number of pyridine rings is 1. The third-order valence-corrected chi connectivity index (χ3v) is 3.43. The molecule has 0 atom stereocenters. The van der Waals surface area contributed by atoms with E-state index in [1.54, 1.807) is 0 Å². The van der Waals surface area contributed by atoms with Crippen LogP contribution in [0.2, 0.25) is 0 Å². The number of fused-ring (bicyclic) bond motifs is 1. The molecule has 3 heteroatoms. The molecule has 0 saturated heterocycles. The molecule has 20 heavy (non-hydrogen) atoms. The lowest BCUT2D eigenvalue weighted by atomic mass is 10.1. The van der Waals surface area contributed by atoms with E-state index in [-0.39, 0.29) is 0 Å². The molecular formula is C17H25N3. The molecule has 1 aromatic carbocycles. The van der Waals surface area contributed by atoms with E-state index in [0.717, 1.165) is 43.8 Å². The Labute approximate surface area is 122 Å². The number of hydrogen-bond donors (Lipinski definition) is 1. The van der Waals surface area contributed by atoms with Crippen molar-refractivity contribution in [2.45, 2.75) is 33.2 Å². The first-order chi connectivity index (χ1) is 9.80. The van der Waals surface area contributed by atoms with Crippen molar-refractivity contribution < 1.29 is 0 Å². The van der Waals surface area contributed by atoms with E-state index in [4.69, 9.17) is 4.98 Å². The lowest BCUT2D eigenvalue weighted by Crippen LogP contribution is -2.27. The zero-order valence-corrected chi connectivity index (χ0v) is 12.8. The fraction of sp³-hybridized carbons (Fsp3) is 0.471. The summed E-state index contributed by atoms with van der Waals surface area (Å²) < 4.78 is 0. The summed E-state index contributed by atoms with van der Waals surface area (Å²) in [6, 6.07) is 10.6. The Bertz CT molecular complexity index is 545. The monoisotopic (exact) mass is 271 g/mol. The summed E-state index contributed by atoms with van der Waals surface area (Å²) in [7, 11) is 1.99. The standard InChI is InChI=1S/C17H25N3/c1-4-10-20(11-5-2)17-15(13-18-3)12-14-8-6-7-9-16(14)19-17/h6-9,12,18H,4-5,10-11,13H2,1-3H3. The SMILES string of the molecule is CCCN(CCC)c1nc2ccccc2cc1CNC. The van der Waals surface area contributed by atoms with Crippen molar-refractivity contribution in [3.63, 3.8) is 0 Å². The van der Waals surface area contributed by atoms with Gasteiger partial charge >= 0.3 is 0 Å². The van der Waals surface area contributed by atoms with E-state index in [0.29, 0.717) is 0 Å². The Morgan fingerprint density at radius 2 is 1.80 bits per heavy atom. The predicted molar refractivity (Wildman–Crippen MR) is 87.3 cm³/mol. The third-order valence-electron chi connectivity index (χ3n) is 3.43. The Morgan fingerprint density at radius 3 is 2.45 bits per heavy atom. The van der Waals surface area contributed by atoms with Crippen LogP contribution in [0, 0.1) is 0 Å². The normalized spacial score (nSPS) is 10.9. The van der Waals surface area contributed by atoms with Crippen molar-refractivity contribution in [3.8, 4) is 0 Å². The van der Waals surface area contributed by atoms with Crippen LogP contribution in [-0.2, 0) is 6.54 Å². The average Bonchev–Trinajstić information content (AvgIpc) is 2.47. The van der Waals surface area contributed by atoms with E-state index < -0.39 is 0 Å². The van der Waals surface area contributed by atoms with Gasteiger partial charge in [-0.25, -0.2) is 4.98 Å². The number of benzene rings is 1. The topological polar surface area (TPSA) is 28.2 Å². The van der Waals surface area contributed by atoms with Gasteiger partial charge in [0.05, 0.1) is 5.52 Å². The van der Waals surface area contributed by atoms with Crippen molar-refractivity contribution in [1.82, 2.24) is 10.3 Å². The lowest BCUT2D eigenvalue weighted by Gasteiger charge is -2.25. The van der Waals surface area contributed by atoms with Gasteiger partial charge in [-0.2, -0.15) is 0 Å². The van der Waals surface area contributed by atoms with Crippen LogP contribution in [0.4, 0.5) is 5.82 Å². The van der Waals surface area contributed by atoms with Crippen LogP contribution in [-0.4, -0.2) is 25.1 Å². The lowest BCUT2D eigenvalue weighted by molar-refractivity contribution is 0.722. The number of hydrogen-bond acceptors (Lipinski definition) is 3. The average molecular weight is 271 g/mol. The minimum atomic E-state index is 0.858. The largest absolute Gasteiger partial charge is 0.356 e. The van der Waals surface area contributed by atoms with Crippen LogP contribution >= 0.6 is 0 Å². The van der Waals surface area contributed by atoms with E-state index in [2.05, 4.69) is 54.4 Å². The van der Waals surface area contributed by atoms with Gasteiger partial charge in [-0.3, -0.25) is 0 Å². The molecule has 0 aliphatic heterocycles. The molecule has 0 saturated carbocycles. The number of nitrogens with one attached hydrogen (secondary N) is 1. The number of anilines is 1. The molecule has 1 N–H and O–H groups in total. The summed E-state index contributed by atoms with van der Waals surface area (Å²) in [5.74, 6) is 1.14. The van der Waals surface area contributed by atoms with Gasteiger partial charge in [-0.05, 0) is 32.0 Å². The highest BCUT2D eigenvalue weighted by atomic mass is 15.2. The Balaban J connectivity index is 2.48. The van der Waals surface area contributed by atoms with Gasteiger partial charge in [0.15, 0.2) is 0 Å². The van der Waals surface area contributed by atoms with Crippen molar-refractivity contribution in [2.75, 3.05) is 25.0 Å². The van der Waals surface area contributed by atoms with Crippen LogP contribution in [0.25, 0.3) is 10.9 Å². The second-order valence-electron chi connectivity index (χ2n) is 5.18. The maximum atomic E-state index is 4.92. The van der Waals surface area contributed by atoms with E-state index in [9.17, 15) is 0 Å². The van der Waals surface area contributed by atoms with Crippen LogP contribution in [0.3, 0.4) is 0 Å². The molecule has 108 valence electrons. The summed E-state index contributed by atoms with van der Waals surface area (Å²) in [6.45, 7) is 7.44. The van der Waals surface area contributed by atoms with E-state index in [1.165, 1.54) is 10.9 Å². The predicted octanol–water partition coefficient (Wildman–Crippen LogP) is 3.58. The second kappa shape index (κ2) is 7.25. The molecule has 1 aromatic heterocycles. The number of para-hydroxylation sites is 1. The maximum absolute atomic E-state index is 4.92. The molecule has 0 spiro atoms. The van der Waals surface area contributed by atoms with Crippen molar-refractivity contribution in [3.05, 3.63) is 35.9 Å². The molecule has 3 nitrogen and oxygen atoms in total. The van der Waals surface area contributed by atoms with Crippen molar-refractivity contribution in [2.24, 2.45) is 0 Å². The van der Waals surface area contributed by atoms with E-state index in [1.807, 2.05) is 7.05 Å². The molecule has 0 aliphatic carbocycles. The Hall–Kier alpha value is -1.61. The fourth-order valence-electron chi connectivity index (χ4n) is 2.61. The minimum absolute atomic E-state index is 0.858. The first-order valence-electron chi connectivity index (χ1n) is 7.58. The summed E-state index contributed by atoms with van der Waals surface area (Å²) in [6.07, 6.45) is 2.29. The Kier molecular flexibility index (Phi) is 5.36. The number of rotatable bonds is 7. The number of nitrogens with zero attached hydrogens (tertiary/aromatic N) is 2. The highest BCUT2D eigenvalue weighted by Crippen LogP contribution is 2.24. The van der Waals surface area contributed by atoms with Gasteiger partial charge < -0.3 is 10.2 Å². The van der Waals surface area contributed by atoms with Gasteiger partial charge in [0, 0.05) is 30.6 Å². The minimum Gasteiger partial charge on any atom is -0.356 e. The molecule has 2 rings (SSSR count). The van der Waals surface area contributed by atoms with Gasteiger partial charge in [-0.15, -0.1) is 0 Å². The van der Waals surface area contributed by atoms with Crippen molar-refractivity contribution in [1.29, 1.82) is 0 Å². The van der Waals surface area contributed by atoms with Crippen LogP contribution < -0.4 is 10.2 Å². The van der Waals surface area contributed by atoms with Crippen LogP contribution in [0.15, 0.2) is 30.3 Å². The summed E-state index contributed by atoms with van der Waals surface area (Å²) in [5.41, 5.74) is 2.37. The smallest absolute Gasteiger partial charge is 0.133 e. The van der Waals surface area contributed by atoms with Crippen LogP contribution in [0.5, 0.6) is 0 Å². The fourth-order valence-corrected chi connectivity index (χ4v) is 2.61. The molecular weight excluding hydrogens is 246 g/mol. The molecule has 0 aliphatic rings. The summed E-state index contributed by atoms with van der Waals surface area (Å²) >= 11 is 0. The third kappa shape index (κ3) is 3.28. The van der Waals surface area contributed by atoms with Gasteiger partial charge in [0.25, 0.3) is 0 Å². The quantitative estimate of drug-likeness (QED) is 0.834. The highest BCUT2D eigenvalue weighted by molar-refractivity contribution is 5.81. The summed E-state index contributed by atoms with van der Waals surface area (Å²) in [4.78, 5) is 7.33. The zero-order valence-electron chi connectivity index (χ0n) is 12.8. The van der Waals surface area contributed by atoms with Gasteiger partial charge in [0.2, 0.25) is 0 Å². The summed E-state index contributed by atoms with van der Waals surface area (Å²) in [5, 5.41) is 4.48. The Morgan fingerprint density at radius 1 is 1.10 bits per heavy atom. The molecule has 0 bridgehead atoms. The molecule has 0 radical (unpaired) electrons. The first kappa shape index (κ1) is 14.8. The molecule has 1 heterocycles. The molecule has 0 fully saturated rings. The first-order valence-corrected chi connectivity index (χ1v) is 7.58. The molecule has 0 unspecified atom stereocenters. The van der Waals surface area contributed by atoms with Gasteiger partial charge in [-0.1, -0.05) is 32.0 Å². The van der Waals surface area contributed by atoms with Crippen molar-refractivity contribution >= 4 is 16.7 Å². The van der Waals surface area contributed by atoms with Crippen LogP contribution in [0.1, 0.15) is 32.3 Å². The molecule has 2 aromatic rings.